The quantitative estimate of drug-likeness (QED) is 0.0850. The van der Waals surface area contributed by atoms with E-state index in [0.29, 0.717) is 68.7 Å². The van der Waals surface area contributed by atoms with Crippen molar-refractivity contribution in [3.8, 4) is 44.1 Å². The molecule has 0 spiro atoms. The van der Waals surface area contributed by atoms with Crippen LogP contribution in [0.5, 0.6) is 23.0 Å². The van der Waals surface area contributed by atoms with Crippen molar-refractivity contribution in [2.75, 3.05) is 31.6 Å². The molecule has 20 nitrogen and oxygen atoms in total. The maximum absolute atomic E-state index is 13.5. The number of ether oxygens (including phenoxy) is 4. The number of benzene rings is 2. The Morgan fingerprint density at radius 3 is 1.86 bits per heavy atom. The largest absolute Gasteiger partial charge is 0.454 e. The molecule has 8 aromatic rings. The maximum atomic E-state index is 13.5. The van der Waals surface area contributed by atoms with E-state index >= 15 is 0 Å². The number of aromatic nitrogens is 10. The summed E-state index contributed by atoms with van der Waals surface area (Å²) in [7, 11) is 0. The van der Waals surface area contributed by atoms with Crippen LogP contribution in [0, 0.1) is 0 Å². The number of hydrogen-bond acceptors (Lipinski definition) is 20. The number of nitrogens with two attached hydrogens (primary N) is 2. The third-order valence-electron chi connectivity index (χ3n) is 11.0. The molecule has 1 atom stereocenters. The number of amides is 2. The van der Waals surface area contributed by atoms with Crippen molar-refractivity contribution in [3.05, 3.63) is 59.6 Å². The molecule has 0 radical (unpaired) electrons. The SMILES string of the molecule is CC(CNC(=O)CCn1c(Sc2cc3c(cc2-c2nccs2)OCO3)nc2c(N)ncnc21)c1csc(-c2cc3c(cc2Sc2nc4c(N)ncnc4n2CCC(=O)NC2CC2)OCO3)n1. The van der Waals surface area contributed by atoms with E-state index in [0.717, 1.165) is 49.5 Å². The number of imidazole rings is 2. The lowest BCUT2D eigenvalue weighted by Crippen LogP contribution is -2.28. The lowest BCUT2D eigenvalue weighted by Gasteiger charge is -2.13. The van der Waals surface area contributed by atoms with Crippen LogP contribution in [0.15, 0.2) is 74.0 Å². The van der Waals surface area contributed by atoms with Crippen LogP contribution in [0.4, 0.5) is 11.6 Å². The number of hydrogen-bond donors (Lipinski definition) is 4. The smallest absolute Gasteiger partial charge is 0.231 e. The zero-order chi connectivity index (χ0) is 44.9. The molecule has 66 heavy (non-hydrogen) atoms. The van der Waals surface area contributed by atoms with Crippen molar-refractivity contribution >= 4 is 92.0 Å². The minimum Gasteiger partial charge on any atom is -0.454 e. The monoisotopic (exact) mass is 962 g/mol. The van der Waals surface area contributed by atoms with Gasteiger partial charge in [-0.3, -0.25) is 9.59 Å². The molecule has 24 heteroatoms. The minimum absolute atomic E-state index is 0.0296. The zero-order valence-electron chi connectivity index (χ0n) is 34.9. The number of carbonyl (C=O) groups is 2. The Hall–Kier alpha value is -6.76. The van der Waals surface area contributed by atoms with Gasteiger partial charge < -0.3 is 50.2 Å². The van der Waals surface area contributed by atoms with Crippen LogP contribution in [-0.2, 0) is 22.7 Å². The lowest BCUT2D eigenvalue weighted by atomic mass is 10.1. The van der Waals surface area contributed by atoms with Crippen LogP contribution >= 0.6 is 46.2 Å². The second kappa shape index (κ2) is 17.6. The molecular formula is C42H38N14O6S4. The standard InChI is InChI=1S/C42H38N14O6S4/c1-20(14-46-31(57)4-7-55-37-33(35(43)47-16-49-37)53-41(55)65-29-12-27-25(59-18-61-27)10-22(29)39-45-6-9-63-39)24-15-64-40(52-24)23-11-26-28(62-19-60-26)13-30(23)66-42-54-34-36(44)48-17-50-38(34)56(42)8-5-32(58)51-21-2-3-21/h6,9-13,15-17,20-21H,2-5,7-8,14,18-19H2,1H3,(H,46,57)(H,51,58)(H2,43,47,49)(H2,44,48,50). The van der Waals surface area contributed by atoms with E-state index in [1.54, 1.807) is 6.20 Å². The molecule has 2 amide bonds. The first-order valence-electron chi connectivity index (χ1n) is 20.8. The number of thiazole rings is 2. The molecule has 1 unspecified atom stereocenters. The number of carbonyl (C=O) groups excluding carboxylic acids is 2. The molecule has 6 N–H and O–H groups in total. The van der Waals surface area contributed by atoms with E-state index < -0.39 is 0 Å². The minimum atomic E-state index is -0.156. The Bertz CT molecular complexity index is 3170. The fourth-order valence-corrected chi connectivity index (χ4v) is 11.3. The number of nitrogens with one attached hydrogen (secondary N) is 2. The maximum Gasteiger partial charge on any atom is 0.231 e. The Labute approximate surface area is 391 Å². The van der Waals surface area contributed by atoms with Crippen molar-refractivity contribution in [1.82, 2.24) is 59.6 Å². The Morgan fingerprint density at radius 2 is 1.30 bits per heavy atom. The van der Waals surface area contributed by atoms with Gasteiger partial charge in [0.1, 0.15) is 22.7 Å². The van der Waals surface area contributed by atoms with Gasteiger partial charge in [-0.15, -0.1) is 22.7 Å². The van der Waals surface area contributed by atoms with Crippen molar-refractivity contribution in [3.63, 3.8) is 0 Å². The molecule has 336 valence electrons. The summed E-state index contributed by atoms with van der Waals surface area (Å²) in [5.41, 5.74) is 17.0. The Morgan fingerprint density at radius 1 is 0.742 bits per heavy atom. The molecule has 6 aromatic heterocycles. The summed E-state index contributed by atoms with van der Waals surface area (Å²) >= 11 is 5.78. The summed E-state index contributed by atoms with van der Waals surface area (Å²) in [5.74, 6) is 2.64. The van der Waals surface area contributed by atoms with E-state index in [1.165, 1.54) is 58.9 Å². The third-order valence-corrected chi connectivity index (χ3v) is 14.8. The molecule has 3 aliphatic rings. The highest BCUT2D eigenvalue weighted by molar-refractivity contribution is 7.99. The summed E-state index contributed by atoms with van der Waals surface area (Å²) in [6.45, 7) is 3.21. The highest BCUT2D eigenvalue weighted by Gasteiger charge is 2.27. The average Bonchev–Trinajstić information content (AvgIpc) is 4.02. The molecule has 1 fully saturated rings. The van der Waals surface area contributed by atoms with Gasteiger partial charge in [0.2, 0.25) is 25.4 Å². The van der Waals surface area contributed by atoms with Crippen molar-refractivity contribution in [1.29, 1.82) is 0 Å². The first kappa shape index (κ1) is 41.9. The second-order valence-electron chi connectivity index (χ2n) is 15.5. The highest BCUT2D eigenvalue weighted by atomic mass is 32.2. The molecule has 0 saturated heterocycles. The normalized spacial score (nSPS) is 14.3. The van der Waals surface area contributed by atoms with E-state index in [9.17, 15) is 9.59 Å². The van der Waals surface area contributed by atoms with E-state index in [2.05, 4.69) is 35.6 Å². The van der Waals surface area contributed by atoms with Gasteiger partial charge in [-0.2, -0.15) is 0 Å². The van der Waals surface area contributed by atoms with Gasteiger partial charge in [0.05, 0.1) is 5.69 Å². The molecule has 1 aliphatic carbocycles. The van der Waals surface area contributed by atoms with Crippen molar-refractivity contribution < 1.29 is 28.5 Å². The molecule has 2 aliphatic heterocycles. The molecule has 8 heterocycles. The molecule has 2 aromatic carbocycles. The lowest BCUT2D eigenvalue weighted by molar-refractivity contribution is -0.122. The van der Waals surface area contributed by atoms with Gasteiger partial charge in [-0.1, -0.05) is 30.4 Å². The second-order valence-corrected chi connectivity index (χ2v) is 19.3. The topological polar surface area (TPSA) is 260 Å². The van der Waals surface area contributed by atoms with Crippen LogP contribution in [0.3, 0.4) is 0 Å². The van der Waals surface area contributed by atoms with E-state index in [4.69, 9.17) is 45.4 Å². The van der Waals surface area contributed by atoms with E-state index in [-0.39, 0.29) is 68.4 Å². The number of anilines is 2. The predicted octanol–water partition coefficient (Wildman–Crippen LogP) is 6.12. The number of aryl methyl sites for hydroxylation is 2. The summed E-state index contributed by atoms with van der Waals surface area (Å²) in [5, 5.41) is 12.8. The van der Waals surface area contributed by atoms with Gasteiger partial charge >= 0.3 is 0 Å². The summed E-state index contributed by atoms with van der Waals surface area (Å²) in [6, 6.07) is 7.92. The summed E-state index contributed by atoms with van der Waals surface area (Å²) < 4.78 is 26.7. The fourth-order valence-electron chi connectivity index (χ4n) is 7.38. The molecule has 11 rings (SSSR count). The van der Waals surface area contributed by atoms with Gasteiger partial charge in [-0.05, 0) is 37.1 Å². The zero-order valence-corrected chi connectivity index (χ0v) is 38.2. The number of fused-ring (bicyclic) bond motifs is 4. The van der Waals surface area contributed by atoms with Gasteiger partial charge in [0.25, 0.3) is 0 Å². The van der Waals surface area contributed by atoms with Crippen molar-refractivity contribution in [2.24, 2.45) is 0 Å². The number of rotatable bonds is 16. The van der Waals surface area contributed by atoms with Crippen LogP contribution < -0.4 is 41.0 Å². The third kappa shape index (κ3) is 8.35. The predicted molar refractivity (Wildman–Crippen MR) is 247 cm³/mol. The fraction of sp³-hybridized carbons (Fsp3) is 0.286. The van der Waals surface area contributed by atoms with Crippen molar-refractivity contribution in [2.45, 2.75) is 77.8 Å². The van der Waals surface area contributed by atoms with Crippen LogP contribution in [-0.4, -0.2) is 87.0 Å². The Kier molecular flexibility index (Phi) is 11.2. The highest BCUT2D eigenvalue weighted by Crippen LogP contribution is 2.47. The van der Waals surface area contributed by atoms with Gasteiger partial charge in [-0.25, -0.2) is 39.9 Å². The van der Waals surface area contributed by atoms with Gasteiger partial charge in [0, 0.05) is 82.3 Å². The van der Waals surface area contributed by atoms with E-state index in [1.807, 2.05) is 51.1 Å². The first-order chi connectivity index (χ1) is 32.2. The van der Waals surface area contributed by atoms with Crippen LogP contribution in [0.25, 0.3) is 43.5 Å². The molecule has 1 saturated carbocycles. The van der Waals surface area contributed by atoms with Crippen LogP contribution in [0.1, 0.15) is 44.2 Å². The molecule has 0 bridgehead atoms. The summed E-state index contributed by atoms with van der Waals surface area (Å²) in [4.78, 5) is 64.5. The number of nitrogens with zero attached hydrogens (tertiary/aromatic N) is 10. The summed E-state index contributed by atoms with van der Waals surface area (Å²) in [6.07, 6.45) is 6.94. The first-order valence-corrected chi connectivity index (χ1v) is 24.2. The molecular weight excluding hydrogens is 925 g/mol. The average molecular weight is 963 g/mol. The Balaban J connectivity index is 0.796. The van der Waals surface area contributed by atoms with Crippen LogP contribution in [0.2, 0.25) is 0 Å². The van der Waals surface area contributed by atoms with Gasteiger partial charge in [0.15, 0.2) is 67.3 Å². The number of nitrogen functional groups attached to an aromatic ring is 2.